The second kappa shape index (κ2) is 14.0. The van der Waals surface area contributed by atoms with Crippen LogP contribution in [0.1, 0.15) is 46.0 Å². The molecule has 2 N–H and O–H groups in total. The van der Waals surface area contributed by atoms with Crippen LogP contribution in [0.3, 0.4) is 0 Å². The van der Waals surface area contributed by atoms with Crippen LogP contribution < -0.4 is 14.8 Å². The van der Waals surface area contributed by atoms with Gasteiger partial charge in [0.15, 0.2) is 5.75 Å². The molecule has 0 saturated heterocycles. The molecule has 2 amide bonds. The number of nitrogens with zero attached hydrogens (tertiary/aromatic N) is 4. The molecule has 0 spiro atoms. The highest BCUT2D eigenvalue weighted by molar-refractivity contribution is 6.06. The van der Waals surface area contributed by atoms with E-state index in [1.807, 2.05) is 82.4 Å². The summed E-state index contributed by atoms with van der Waals surface area (Å²) in [5, 5.41) is 17.2. The Kier molecular flexibility index (Phi) is 9.85. The predicted octanol–water partition coefficient (Wildman–Crippen LogP) is 5.13. The second-order valence-corrected chi connectivity index (χ2v) is 11.8. The first-order valence-corrected chi connectivity index (χ1v) is 15.2. The van der Waals surface area contributed by atoms with Crippen molar-refractivity contribution < 1.29 is 24.2 Å². The smallest absolute Gasteiger partial charge is 0.274 e. The molecule has 0 saturated carbocycles. The number of aromatic nitrogens is 2. The van der Waals surface area contributed by atoms with Gasteiger partial charge in [-0.3, -0.25) is 19.2 Å². The maximum atomic E-state index is 13.8. The van der Waals surface area contributed by atoms with Gasteiger partial charge in [0, 0.05) is 32.6 Å². The zero-order valence-corrected chi connectivity index (χ0v) is 26.4. The molecule has 10 heteroatoms. The second-order valence-electron chi connectivity index (χ2n) is 11.8. The number of nitrogens with one attached hydrogen (secondary N) is 1. The summed E-state index contributed by atoms with van der Waals surface area (Å²) in [5.41, 5.74) is 2.96. The van der Waals surface area contributed by atoms with Crippen LogP contribution in [0.2, 0.25) is 0 Å². The van der Waals surface area contributed by atoms with Gasteiger partial charge in [0.25, 0.3) is 11.8 Å². The maximum Gasteiger partial charge on any atom is 0.274 e. The van der Waals surface area contributed by atoms with E-state index in [4.69, 9.17) is 9.47 Å². The van der Waals surface area contributed by atoms with E-state index in [1.54, 1.807) is 36.2 Å². The van der Waals surface area contributed by atoms with Crippen LogP contribution in [0.15, 0.2) is 78.9 Å². The Balaban J connectivity index is 1.37. The van der Waals surface area contributed by atoms with Crippen molar-refractivity contribution in [1.29, 1.82) is 0 Å². The van der Waals surface area contributed by atoms with Gasteiger partial charge in [-0.25, -0.2) is 0 Å². The zero-order chi connectivity index (χ0) is 32.1. The number of para-hydroxylation sites is 2. The average Bonchev–Trinajstić information content (AvgIpc) is 3.37. The molecule has 236 valence electrons. The minimum Gasteiger partial charge on any atom is -0.486 e. The Morgan fingerprint density at radius 2 is 1.82 bits per heavy atom. The van der Waals surface area contributed by atoms with E-state index in [2.05, 4.69) is 15.3 Å². The standard InChI is InChI=1S/C35H41N5O5/c1-23-19-40(25(3)22-41)35(43)29-12-9-13-30(36-34(42)31-18-24(2)37-39(31)5)33(29)45-32(23)21-38(4)20-26-14-16-28(17-15-26)44-27-10-7-6-8-11-27/h6-18,23,25,32,41H,19-22H2,1-5H3,(H,36,42)/t23-,25-,32+/m1/s1. The summed E-state index contributed by atoms with van der Waals surface area (Å²) in [6, 6.07) is 24.2. The lowest BCUT2D eigenvalue weighted by atomic mass is 9.98. The first kappa shape index (κ1) is 31.7. The number of rotatable bonds is 10. The van der Waals surface area contributed by atoms with Gasteiger partial charge < -0.3 is 24.8 Å². The van der Waals surface area contributed by atoms with Crippen LogP contribution in [-0.2, 0) is 13.6 Å². The van der Waals surface area contributed by atoms with Gasteiger partial charge >= 0.3 is 0 Å². The monoisotopic (exact) mass is 611 g/mol. The topological polar surface area (TPSA) is 109 Å². The van der Waals surface area contributed by atoms with E-state index < -0.39 is 6.04 Å². The summed E-state index contributed by atoms with van der Waals surface area (Å²) in [5.74, 6) is 1.18. The number of amides is 2. The van der Waals surface area contributed by atoms with E-state index in [0.29, 0.717) is 42.3 Å². The van der Waals surface area contributed by atoms with E-state index in [-0.39, 0.29) is 30.4 Å². The number of carbonyl (C=O) groups excluding carboxylic acids is 2. The van der Waals surface area contributed by atoms with Crippen molar-refractivity contribution >= 4 is 17.5 Å². The van der Waals surface area contributed by atoms with Crippen LogP contribution in [-0.4, -0.2) is 75.4 Å². The van der Waals surface area contributed by atoms with Crippen molar-refractivity contribution in [2.45, 2.75) is 39.5 Å². The lowest BCUT2D eigenvalue weighted by molar-refractivity contribution is 0.0343. The molecule has 45 heavy (non-hydrogen) atoms. The summed E-state index contributed by atoms with van der Waals surface area (Å²) >= 11 is 0. The molecule has 4 aromatic rings. The number of ether oxygens (including phenoxy) is 2. The fourth-order valence-electron chi connectivity index (χ4n) is 5.54. The minimum absolute atomic E-state index is 0.0799. The number of carbonyl (C=O) groups is 2. The normalized spacial score (nSPS) is 17.2. The number of fused-ring (bicyclic) bond motifs is 1. The Labute approximate surface area is 264 Å². The van der Waals surface area contributed by atoms with Gasteiger partial charge in [-0.1, -0.05) is 43.3 Å². The number of likely N-dealkylation sites (N-methyl/N-ethyl adjacent to an activating group) is 1. The summed E-state index contributed by atoms with van der Waals surface area (Å²) in [6.45, 7) is 7.16. The molecule has 1 aromatic heterocycles. The highest BCUT2D eigenvalue weighted by Crippen LogP contribution is 2.35. The average molecular weight is 612 g/mol. The third-order valence-corrected chi connectivity index (χ3v) is 8.02. The molecule has 3 aromatic carbocycles. The lowest BCUT2D eigenvalue weighted by Crippen LogP contribution is -2.49. The zero-order valence-electron chi connectivity index (χ0n) is 26.4. The number of aliphatic hydroxyl groups excluding tert-OH is 1. The number of benzene rings is 3. The Bertz CT molecular complexity index is 1620. The molecule has 1 aliphatic heterocycles. The number of aryl methyl sites for hydroxylation is 2. The predicted molar refractivity (Wildman–Crippen MR) is 173 cm³/mol. The molecule has 5 rings (SSSR count). The van der Waals surface area contributed by atoms with E-state index in [1.165, 1.54) is 4.68 Å². The molecule has 10 nitrogen and oxygen atoms in total. The van der Waals surface area contributed by atoms with E-state index in [0.717, 1.165) is 22.8 Å². The highest BCUT2D eigenvalue weighted by atomic mass is 16.5. The lowest BCUT2D eigenvalue weighted by Gasteiger charge is -2.38. The molecular formula is C35H41N5O5. The first-order valence-electron chi connectivity index (χ1n) is 15.2. The summed E-state index contributed by atoms with van der Waals surface area (Å²) in [6.07, 6.45) is -0.326. The third kappa shape index (κ3) is 7.53. The van der Waals surface area contributed by atoms with Gasteiger partial charge in [0.1, 0.15) is 23.3 Å². The minimum atomic E-state index is -0.392. The van der Waals surface area contributed by atoms with Crippen molar-refractivity contribution in [1.82, 2.24) is 19.6 Å². The van der Waals surface area contributed by atoms with Crippen LogP contribution in [0.4, 0.5) is 5.69 Å². The fraction of sp³-hybridized carbons (Fsp3) is 0.343. The fourth-order valence-corrected chi connectivity index (χ4v) is 5.54. The van der Waals surface area contributed by atoms with Crippen molar-refractivity contribution in [3.63, 3.8) is 0 Å². The van der Waals surface area contributed by atoms with Gasteiger partial charge in [-0.15, -0.1) is 0 Å². The molecular weight excluding hydrogens is 570 g/mol. The van der Waals surface area contributed by atoms with E-state index in [9.17, 15) is 14.7 Å². The Morgan fingerprint density at radius 3 is 2.49 bits per heavy atom. The molecule has 0 radical (unpaired) electrons. The van der Waals surface area contributed by atoms with Crippen LogP contribution >= 0.6 is 0 Å². The number of hydrogen-bond acceptors (Lipinski definition) is 7. The quantitative estimate of drug-likeness (QED) is 0.256. The van der Waals surface area contributed by atoms with Crippen LogP contribution in [0.25, 0.3) is 0 Å². The van der Waals surface area contributed by atoms with Crippen molar-refractivity contribution in [3.05, 3.63) is 101 Å². The number of anilines is 1. The Morgan fingerprint density at radius 1 is 1.11 bits per heavy atom. The van der Waals surface area contributed by atoms with Gasteiger partial charge in [-0.2, -0.15) is 5.10 Å². The summed E-state index contributed by atoms with van der Waals surface area (Å²) in [4.78, 5) is 30.9. The molecule has 2 heterocycles. The van der Waals surface area contributed by atoms with E-state index >= 15 is 0 Å². The van der Waals surface area contributed by atoms with Crippen molar-refractivity contribution in [2.75, 3.05) is 32.1 Å². The largest absolute Gasteiger partial charge is 0.486 e. The summed E-state index contributed by atoms with van der Waals surface area (Å²) < 4.78 is 14.1. The van der Waals surface area contributed by atoms with Crippen molar-refractivity contribution in [3.8, 4) is 17.2 Å². The molecule has 0 unspecified atom stereocenters. The Hall–Kier alpha value is -4.67. The van der Waals surface area contributed by atoms with Crippen LogP contribution in [0, 0.1) is 12.8 Å². The van der Waals surface area contributed by atoms with Crippen molar-refractivity contribution in [2.24, 2.45) is 13.0 Å². The maximum absolute atomic E-state index is 13.8. The molecule has 3 atom stereocenters. The molecule has 0 aliphatic carbocycles. The highest BCUT2D eigenvalue weighted by Gasteiger charge is 2.34. The van der Waals surface area contributed by atoms with Gasteiger partial charge in [-0.05, 0) is 68.9 Å². The molecule has 0 bridgehead atoms. The molecule has 1 aliphatic rings. The first-order chi connectivity index (χ1) is 21.6. The number of aliphatic hydroxyl groups is 1. The summed E-state index contributed by atoms with van der Waals surface area (Å²) in [7, 11) is 3.74. The SMILES string of the molecule is Cc1cc(C(=O)Nc2cccc3c2O[C@@H](CN(C)Cc2ccc(Oc4ccccc4)cc2)[C@H](C)CN([C@H](C)CO)C3=O)n(C)n1. The van der Waals surface area contributed by atoms with Gasteiger partial charge in [0.05, 0.1) is 29.6 Å². The third-order valence-electron chi connectivity index (χ3n) is 8.02. The van der Waals surface area contributed by atoms with Crippen LogP contribution in [0.5, 0.6) is 17.2 Å². The van der Waals surface area contributed by atoms with Gasteiger partial charge in [0.2, 0.25) is 0 Å². The number of hydrogen-bond donors (Lipinski definition) is 2. The molecule has 0 fully saturated rings.